The number of carbonyl (C=O) groups is 2. The smallest absolute Gasteiger partial charge is 0.416 e. The van der Waals surface area contributed by atoms with Crippen LogP contribution in [0.5, 0.6) is 0 Å². The second kappa shape index (κ2) is 13.6. The highest BCUT2D eigenvalue weighted by molar-refractivity contribution is 5.71. The summed E-state index contributed by atoms with van der Waals surface area (Å²) in [6.07, 6.45) is -6.50. The van der Waals surface area contributed by atoms with Crippen LogP contribution in [0.25, 0.3) is 0 Å². The molecule has 2 heterocycles. The maximum absolute atomic E-state index is 13.5. The van der Waals surface area contributed by atoms with Crippen molar-refractivity contribution in [3.63, 3.8) is 0 Å². The number of benzene rings is 1. The number of cyclic esters (lactones) is 1. The average Bonchev–Trinajstić information content (AvgIpc) is 3.24. The number of hydrogen-bond acceptors (Lipinski definition) is 6. The molecule has 0 bridgehead atoms. The van der Waals surface area contributed by atoms with Crippen LogP contribution in [0.2, 0.25) is 0 Å². The molecule has 4 rings (SSSR count). The number of nitrogens with zero attached hydrogens (tertiary/aromatic N) is 3. The second-order valence-electron chi connectivity index (χ2n) is 11.4. The molecule has 7 nitrogen and oxygen atoms in total. The van der Waals surface area contributed by atoms with Crippen molar-refractivity contribution >= 4 is 17.7 Å². The monoisotopic (exact) mass is 629 g/mol. The number of pyridine rings is 1. The summed E-state index contributed by atoms with van der Waals surface area (Å²) in [6, 6.07) is 4.03. The third-order valence-electron chi connectivity index (χ3n) is 8.44. The number of ether oxygens (including phenoxy) is 2. The molecule has 0 spiro atoms. The Morgan fingerprint density at radius 1 is 1.02 bits per heavy atom. The Labute approximate surface area is 252 Å². The molecule has 1 aromatic heterocycles. The molecule has 0 radical (unpaired) electrons. The normalized spacial score (nSPS) is 22.6. The molecule has 1 amide bonds. The van der Waals surface area contributed by atoms with Gasteiger partial charge in [0.25, 0.3) is 0 Å². The molecular weight excluding hydrogens is 592 g/mol. The highest BCUT2D eigenvalue weighted by Crippen LogP contribution is 2.41. The first-order valence-electron chi connectivity index (χ1n) is 14.8. The van der Waals surface area contributed by atoms with Crippen molar-refractivity contribution in [2.45, 2.75) is 83.9 Å². The lowest BCUT2D eigenvalue weighted by atomic mass is 9.80. The van der Waals surface area contributed by atoms with E-state index >= 15 is 0 Å². The Kier molecular flexibility index (Phi) is 10.3. The Hall–Kier alpha value is -3.51. The minimum absolute atomic E-state index is 0.0411. The first-order chi connectivity index (χ1) is 20.7. The van der Waals surface area contributed by atoms with E-state index in [1.807, 2.05) is 13.0 Å². The number of esters is 1. The van der Waals surface area contributed by atoms with E-state index in [1.54, 1.807) is 19.2 Å². The van der Waals surface area contributed by atoms with Gasteiger partial charge in [0.2, 0.25) is 0 Å². The van der Waals surface area contributed by atoms with Gasteiger partial charge in [-0.2, -0.15) is 26.3 Å². The van der Waals surface area contributed by atoms with Gasteiger partial charge < -0.3 is 14.4 Å². The summed E-state index contributed by atoms with van der Waals surface area (Å²) in [6.45, 7) is 7.01. The van der Waals surface area contributed by atoms with E-state index in [4.69, 9.17) is 9.47 Å². The minimum Gasteiger partial charge on any atom is -0.466 e. The van der Waals surface area contributed by atoms with E-state index in [0.717, 1.165) is 37.9 Å². The number of hydrogen-bond donors (Lipinski definition) is 0. The summed E-state index contributed by atoms with van der Waals surface area (Å²) in [5, 5.41) is 0. The van der Waals surface area contributed by atoms with E-state index in [9.17, 15) is 35.9 Å². The Morgan fingerprint density at radius 2 is 1.64 bits per heavy atom. The van der Waals surface area contributed by atoms with Crippen LogP contribution in [0.3, 0.4) is 0 Å². The molecule has 242 valence electrons. The fourth-order valence-corrected chi connectivity index (χ4v) is 6.09. The summed E-state index contributed by atoms with van der Waals surface area (Å²) in [5.74, 6) is 0.510. The summed E-state index contributed by atoms with van der Waals surface area (Å²) in [5.41, 5.74) is -2.00. The molecule has 13 heteroatoms. The van der Waals surface area contributed by atoms with E-state index in [-0.39, 0.29) is 24.1 Å². The first kappa shape index (κ1) is 33.4. The molecule has 0 N–H and O–H groups in total. The van der Waals surface area contributed by atoms with Gasteiger partial charge >= 0.3 is 24.4 Å². The van der Waals surface area contributed by atoms with Gasteiger partial charge in [-0.1, -0.05) is 0 Å². The summed E-state index contributed by atoms with van der Waals surface area (Å²) < 4.78 is 91.2. The van der Waals surface area contributed by atoms with Crippen LogP contribution >= 0.6 is 0 Å². The molecule has 0 unspecified atom stereocenters. The van der Waals surface area contributed by atoms with Gasteiger partial charge in [0, 0.05) is 25.7 Å². The topological polar surface area (TPSA) is 72.0 Å². The SMILES string of the molecule is CCOC(=O)CC1CCC(CN(CC)c2cccnc2CN2C(=O)O[C@H](c3cc(C(F)(F)F)cc(C(F)(F)F)c3)[C@H]2C)CC1. The molecule has 1 saturated heterocycles. The van der Waals surface area contributed by atoms with Crippen molar-refractivity contribution in [1.82, 2.24) is 9.88 Å². The maximum Gasteiger partial charge on any atom is 0.416 e. The van der Waals surface area contributed by atoms with Gasteiger partial charge in [0.1, 0.15) is 6.10 Å². The van der Waals surface area contributed by atoms with Crippen LogP contribution in [0, 0.1) is 11.8 Å². The Balaban J connectivity index is 1.49. The van der Waals surface area contributed by atoms with Gasteiger partial charge in [0.15, 0.2) is 0 Å². The predicted octanol–water partition coefficient (Wildman–Crippen LogP) is 7.79. The molecule has 1 aliphatic heterocycles. The third-order valence-corrected chi connectivity index (χ3v) is 8.44. The van der Waals surface area contributed by atoms with E-state index < -0.39 is 41.7 Å². The first-order valence-corrected chi connectivity index (χ1v) is 14.8. The van der Waals surface area contributed by atoms with Gasteiger partial charge in [0.05, 0.1) is 41.7 Å². The van der Waals surface area contributed by atoms with Gasteiger partial charge in [-0.05, 0) is 94.2 Å². The highest BCUT2D eigenvalue weighted by Gasteiger charge is 2.43. The molecule has 1 saturated carbocycles. The van der Waals surface area contributed by atoms with Crippen molar-refractivity contribution < 1.29 is 45.4 Å². The number of halogens is 6. The van der Waals surface area contributed by atoms with Crippen LogP contribution < -0.4 is 4.90 Å². The zero-order valence-corrected chi connectivity index (χ0v) is 24.9. The predicted molar refractivity (Wildman–Crippen MR) is 149 cm³/mol. The van der Waals surface area contributed by atoms with E-state index in [2.05, 4.69) is 9.88 Å². The van der Waals surface area contributed by atoms with Crippen LogP contribution in [0.15, 0.2) is 36.5 Å². The fourth-order valence-electron chi connectivity index (χ4n) is 6.09. The minimum atomic E-state index is -5.02. The van der Waals surface area contributed by atoms with E-state index in [1.165, 1.54) is 11.8 Å². The average molecular weight is 630 g/mol. The second-order valence-corrected chi connectivity index (χ2v) is 11.4. The molecule has 1 aromatic carbocycles. The van der Waals surface area contributed by atoms with Crippen LogP contribution in [-0.4, -0.2) is 47.7 Å². The molecule has 2 aliphatic rings. The zero-order valence-electron chi connectivity index (χ0n) is 24.9. The lowest BCUT2D eigenvalue weighted by molar-refractivity contribution is -0.145. The Bertz CT molecular complexity index is 1280. The largest absolute Gasteiger partial charge is 0.466 e. The van der Waals surface area contributed by atoms with Crippen molar-refractivity contribution in [2.75, 3.05) is 24.6 Å². The number of carbonyl (C=O) groups excluding carboxylic acids is 2. The van der Waals surface area contributed by atoms with Crippen molar-refractivity contribution in [3.05, 3.63) is 58.9 Å². The maximum atomic E-state index is 13.5. The standard InChI is InChI=1S/C31H37F6N3O4/c1-4-39(17-21-10-8-20(9-11-21)13-27(41)43-5-2)26-7-6-12-38-25(26)18-40-19(3)28(44-29(40)42)22-14-23(30(32,33)34)16-24(15-22)31(35,36)37/h6-7,12,14-16,19-21,28H,4-5,8-11,13,17-18H2,1-3H3/t19-,20?,21?,28+/m1/s1. The molecule has 1 aliphatic carbocycles. The third kappa shape index (κ3) is 7.95. The summed E-state index contributed by atoms with van der Waals surface area (Å²) in [4.78, 5) is 32.7. The lowest BCUT2D eigenvalue weighted by Crippen LogP contribution is -2.35. The van der Waals surface area contributed by atoms with Crippen LogP contribution in [-0.2, 0) is 33.2 Å². The van der Waals surface area contributed by atoms with Crippen molar-refractivity contribution in [3.8, 4) is 0 Å². The molecule has 2 aromatic rings. The quantitative estimate of drug-likeness (QED) is 0.197. The van der Waals surface area contributed by atoms with Gasteiger partial charge in [-0.3, -0.25) is 14.7 Å². The highest BCUT2D eigenvalue weighted by atomic mass is 19.4. The van der Waals surface area contributed by atoms with E-state index in [0.29, 0.717) is 49.2 Å². The molecule has 44 heavy (non-hydrogen) atoms. The van der Waals surface area contributed by atoms with Crippen LogP contribution in [0.4, 0.5) is 36.8 Å². The lowest BCUT2D eigenvalue weighted by Gasteiger charge is -2.34. The molecular formula is C31H37F6N3O4. The zero-order chi connectivity index (χ0) is 32.2. The fraction of sp³-hybridized carbons (Fsp3) is 0.581. The molecule has 2 atom stereocenters. The number of aromatic nitrogens is 1. The van der Waals surface area contributed by atoms with Gasteiger partial charge in [-0.25, -0.2) is 4.79 Å². The number of amides is 1. The van der Waals surface area contributed by atoms with Gasteiger partial charge in [-0.15, -0.1) is 0 Å². The number of rotatable bonds is 10. The van der Waals surface area contributed by atoms with Crippen molar-refractivity contribution in [1.29, 1.82) is 0 Å². The summed E-state index contributed by atoms with van der Waals surface area (Å²) >= 11 is 0. The molecule has 2 fully saturated rings. The number of anilines is 1. The Morgan fingerprint density at radius 3 is 2.20 bits per heavy atom. The van der Waals surface area contributed by atoms with Crippen molar-refractivity contribution in [2.24, 2.45) is 11.8 Å². The van der Waals surface area contributed by atoms with Crippen LogP contribution in [0.1, 0.15) is 81.4 Å². The number of alkyl halides is 6. The summed E-state index contributed by atoms with van der Waals surface area (Å²) in [7, 11) is 0.